The highest BCUT2D eigenvalue weighted by Gasteiger charge is 2.10. The summed E-state index contributed by atoms with van der Waals surface area (Å²) in [4.78, 5) is 19.0. The molecule has 0 aliphatic carbocycles. The predicted molar refractivity (Wildman–Crippen MR) is 116 cm³/mol. The highest BCUT2D eigenvalue weighted by atomic mass is 32.2. The molecule has 26 heavy (non-hydrogen) atoms. The Labute approximate surface area is 166 Å². The Kier molecular flexibility index (Phi) is 6.27. The minimum absolute atomic E-state index is 0.185. The molecule has 2 aromatic carbocycles. The van der Waals surface area contributed by atoms with Crippen LogP contribution in [0.25, 0.3) is 10.2 Å². The van der Waals surface area contributed by atoms with Crippen LogP contribution in [0.4, 0.5) is 0 Å². The molecule has 0 aliphatic heterocycles. The highest BCUT2D eigenvalue weighted by Crippen LogP contribution is 2.22. The molecule has 3 nitrogen and oxygen atoms in total. The van der Waals surface area contributed by atoms with E-state index in [0.29, 0.717) is 5.56 Å². The molecule has 0 N–H and O–H groups in total. The first-order valence-electron chi connectivity index (χ1n) is 8.36. The zero-order chi connectivity index (χ0) is 18.7. The van der Waals surface area contributed by atoms with E-state index in [4.69, 9.17) is 0 Å². The molecule has 0 saturated heterocycles. The fourth-order valence-electron chi connectivity index (χ4n) is 2.69. The largest absolute Gasteiger partial charge is 0.315 e. The van der Waals surface area contributed by atoms with Gasteiger partial charge in [0.2, 0.25) is 0 Å². The third kappa shape index (κ3) is 4.08. The van der Waals surface area contributed by atoms with Crippen LogP contribution in [0.2, 0.25) is 0 Å². The zero-order valence-corrected chi connectivity index (χ0v) is 17.9. The van der Waals surface area contributed by atoms with Gasteiger partial charge in [0.15, 0.2) is 4.80 Å². The number of hydrogen-bond donors (Lipinski definition) is 0. The monoisotopic (exact) mass is 402 g/mol. The number of thioether (sulfide) groups is 2. The Hall–Kier alpha value is -1.50. The van der Waals surface area contributed by atoms with Crippen LogP contribution >= 0.6 is 34.9 Å². The standard InChI is InChI=1S/C20H22N2OS3/c1-13-11-17-18(12-14(13)2)26-20(22(17)9-10-24-3)21-19(23)15-5-7-16(25-4)8-6-15/h5-8,11-12H,9-10H2,1-4H3. The summed E-state index contributed by atoms with van der Waals surface area (Å²) in [5, 5.41) is 0. The Morgan fingerprint density at radius 3 is 2.46 bits per heavy atom. The highest BCUT2D eigenvalue weighted by molar-refractivity contribution is 7.98. The molecule has 3 aromatic rings. The van der Waals surface area contributed by atoms with Gasteiger partial charge in [0.05, 0.1) is 10.2 Å². The van der Waals surface area contributed by atoms with Crippen LogP contribution in [-0.2, 0) is 6.54 Å². The first-order chi connectivity index (χ1) is 12.5. The van der Waals surface area contributed by atoms with Gasteiger partial charge in [0.1, 0.15) is 0 Å². The molecule has 3 rings (SSSR count). The molecule has 0 spiro atoms. The zero-order valence-electron chi connectivity index (χ0n) is 15.4. The maximum absolute atomic E-state index is 12.7. The molecule has 0 fully saturated rings. The van der Waals surface area contributed by atoms with Crippen molar-refractivity contribution in [3.05, 3.63) is 57.9 Å². The Balaban J connectivity index is 2.09. The Morgan fingerprint density at radius 1 is 1.12 bits per heavy atom. The average Bonchev–Trinajstić information content (AvgIpc) is 2.96. The van der Waals surface area contributed by atoms with E-state index in [9.17, 15) is 4.79 Å². The van der Waals surface area contributed by atoms with Crippen LogP contribution < -0.4 is 4.80 Å². The first kappa shape index (κ1) is 19.3. The van der Waals surface area contributed by atoms with Gasteiger partial charge in [-0.15, -0.1) is 11.8 Å². The number of rotatable bonds is 5. The summed E-state index contributed by atoms with van der Waals surface area (Å²) in [5.74, 6) is 0.804. The summed E-state index contributed by atoms with van der Waals surface area (Å²) in [7, 11) is 0. The van der Waals surface area contributed by atoms with Crippen molar-refractivity contribution in [3.63, 3.8) is 0 Å². The van der Waals surface area contributed by atoms with Crippen molar-refractivity contribution in [2.24, 2.45) is 4.99 Å². The third-order valence-corrected chi connectivity index (χ3v) is 6.73. The molecule has 6 heteroatoms. The van der Waals surface area contributed by atoms with E-state index in [-0.39, 0.29) is 5.91 Å². The number of amides is 1. The van der Waals surface area contributed by atoms with Gasteiger partial charge >= 0.3 is 0 Å². The number of thiazole rings is 1. The van der Waals surface area contributed by atoms with Crippen molar-refractivity contribution in [2.45, 2.75) is 25.3 Å². The van der Waals surface area contributed by atoms with Gasteiger partial charge in [0.25, 0.3) is 5.91 Å². The molecule has 0 unspecified atom stereocenters. The topological polar surface area (TPSA) is 34.4 Å². The van der Waals surface area contributed by atoms with Gasteiger partial charge in [-0.25, -0.2) is 0 Å². The van der Waals surface area contributed by atoms with Gasteiger partial charge < -0.3 is 4.57 Å². The molecule has 1 amide bonds. The predicted octanol–water partition coefficient (Wildman–Crippen LogP) is 5.15. The number of benzene rings is 2. The van der Waals surface area contributed by atoms with E-state index in [0.717, 1.165) is 27.5 Å². The van der Waals surface area contributed by atoms with Crippen molar-refractivity contribution in [2.75, 3.05) is 18.3 Å². The number of aromatic nitrogens is 1. The van der Waals surface area contributed by atoms with E-state index in [1.54, 1.807) is 34.9 Å². The van der Waals surface area contributed by atoms with Crippen LogP contribution in [0.5, 0.6) is 0 Å². The molecular weight excluding hydrogens is 380 g/mol. The van der Waals surface area contributed by atoms with E-state index in [2.05, 4.69) is 41.8 Å². The van der Waals surface area contributed by atoms with Crippen LogP contribution in [0.15, 0.2) is 46.3 Å². The summed E-state index contributed by atoms with van der Waals surface area (Å²) < 4.78 is 3.36. The molecule has 0 aliphatic rings. The van der Waals surface area contributed by atoms with E-state index >= 15 is 0 Å². The summed E-state index contributed by atoms with van der Waals surface area (Å²) in [5.41, 5.74) is 4.32. The SMILES string of the molecule is CSCCn1c(=NC(=O)c2ccc(SC)cc2)sc2cc(C)c(C)cc21. The lowest BCUT2D eigenvalue weighted by Crippen LogP contribution is -2.18. The lowest BCUT2D eigenvalue weighted by molar-refractivity contribution is 0.0998. The van der Waals surface area contributed by atoms with Crippen molar-refractivity contribution < 1.29 is 4.79 Å². The van der Waals surface area contributed by atoms with Crippen LogP contribution in [0, 0.1) is 13.8 Å². The van der Waals surface area contributed by atoms with Crippen LogP contribution in [0.1, 0.15) is 21.5 Å². The molecule has 1 heterocycles. The molecule has 136 valence electrons. The Morgan fingerprint density at radius 2 is 1.81 bits per heavy atom. The summed E-state index contributed by atoms with van der Waals surface area (Å²) in [6, 6.07) is 12.0. The number of carbonyl (C=O) groups excluding carboxylic acids is 1. The molecule has 0 bridgehead atoms. The molecule has 0 radical (unpaired) electrons. The second-order valence-corrected chi connectivity index (χ2v) is 8.95. The lowest BCUT2D eigenvalue weighted by atomic mass is 10.1. The van der Waals surface area contributed by atoms with Gasteiger partial charge in [-0.2, -0.15) is 16.8 Å². The van der Waals surface area contributed by atoms with E-state index < -0.39 is 0 Å². The molecule has 1 aromatic heterocycles. The van der Waals surface area contributed by atoms with E-state index in [1.165, 1.54) is 15.8 Å². The average molecular weight is 403 g/mol. The second kappa shape index (κ2) is 8.46. The summed E-state index contributed by atoms with van der Waals surface area (Å²) in [6.07, 6.45) is 4.12. The number of fused-ring (bicyclic) bond motifs is 1. The first-order valence-corrected chi connectivity index (χ1v) is 11.8. The third-order valence-electron chi connectivity index (χ3n) is 4.35. The normalized spacial score (nSPS) is 12.1. The van der Waals surface area contributed by atoms with Gasteiger partial charge in [-0.1, -0.05) is 11.3 Å². The van der Waals surface area contributed by atoms with Gasteiger partial charge in [0, 0.05) is 22.8 Å². The van der Waals surface area contributed by atoms with Crippen LogP contribution in [0.3, 0.4) is 0 Å². The smallest absolute Gasteiger partial charge is 0.279 e. The van der Waals surface area contributed by atoms with Gasteiger partial charge in [-0.3, -0.25) is 4.79 Å². The summed E-state index contributed by atoms with van der Waals surface area (Å²) >= 11 is 5.05. The molecule has 0 saturated carbocycles. The molecular formula is C20H22N2OS3. The molecule has 0 atom stereocenters. The quantitative estimate of drug-likeness (QED) is 0.554. The maximum Gasteiger partial charge on any atom is 0.279 e. The number of aryl methyl sites for hydroxylation is 3. The maximum atomic E-state index is 12.7. The van der Waals surface area contributed by atoms with Crippen molar-refractivity contribution >= 4 is 51.0 Å². The fraction of sp³-hybridized carbons (Fsp3) is 0.300. The minimum Gasteiger partial charge on any atom is -0.315 e. The Bertz CT molecular complexity index is 1000. The summed E-state index contributed by atoms with van der Waals surface area (Å²) in [6.45, 7) is 5.10. The van der Waals surface area contributed by atoms with Gasteiger partial charge in [-0.05, 0) is 73.9 Å². The fourth-order valence-corrected chi connectivity index (χ4v) is 4.60. The number of nitrogens with zero attached hydrogens (tertiary/aromatic N) is 2. The van der Waals surface area contributed by atoms with Crippen LogP contribution in [-0.4, -0.2) is 28.7 Å². The van der Waals surface area contributed by atoms with Crippen molar-refractivity contribution in [3.8, 4) is 0 Å². The number of hydrogen-bond acceptors (Lipinski definition) is 4. The van der Waals surface area contributed by atoms with Crippen molar-refractivity contribution in [1.82, 2.24) is 4.57 Å². The minimum atomic E-state index is -0.185. The second-order valence-electron chi connectivity index (χ2n) is 6.08. The lowest BCUT2D eigenvalue weighted by Gasteiger charge is -2.06. The van der Waals surface area contributed by atoms with Crippen molar-refractivity contribution in [1.29, 1.82) is 0 Å². The number of carbonyl (C=O) groups is 1. The van der Waals surface area contributed by atoms with E-state index in [1.807, 2.05) is 30.5 Å².